The fourth-order valence-corrected chi connectivity index (χ4v) is 6.60. The molecule has 0 radical (unpaired) electrons. The van der Waals surface area contributed by atoms with Crippen molar-refractivity contribution in [2.75, 3.05) is 19.8 Å². The molecule has 2 aromatic rings. The van der Waals surface area contributed by atoms with Crippen LogP contribution in [0.15, 0.2) is 48.5 Å². The number of hydrogen-bond acceptors (Lipinski definition) is 23. The van der Waals surface area contributed by atoms with Crippen LogP contribution < -0.4 is 9.47 Å². The number of ether oxygens (including phenoxy) is 8. The second kappa shape index (κ2) is 21.5. The van der Waals surface area contributed by atoms with Crippen molar-refractivity contribution in [1.82, 2.24) is 0 Å². The standard InChI is InChI=1S/C38H50O24/c39-11-20-25(45)28(48)30(50)34(59-20)57-18-5-1-16(2-6-18)14-55-24(44)10-38(54,9-23(42)43)37(53)56-15-17-3-7-19(8-4-17)58-36-32(52)33(27(47)22(13-41)61-36)62-35-31(51)29(49)26(46)21(12-40)60-35/h1-8,20-22,25-36,39-41,45-52,54H,9-15H2,(H,42,43)/t20-,21-,22-,25-,26-,27-,28+,29+,30-,31-,32-,33+,34-,35+,36-,38?/m1/s1. The second-order valence-electron chi connectivity index (χ2n) is 14.7. The van der Waals surface area contributed by atoms with Gasteiger partial charge in [0.05, 0.1) is 32.7 Å². The summed E-state index contributed by atoms with van der Waals surface area (Å²) < 4.78 is 43.1. The van der Waals surface area contributed by atoms with Gasteiger partial charge in [0.1, 0.15) is 98.0 Å². The highest BCUT2D eigenvalue weighted by atomic mass is 16.7. The molecule has 0 aromatic heterocycles. The molecule has 3 fully saturated rings. The largest absolute Gasteiger partial charge is 0.481 e. The first-order valence-corrected chi connectivity index (χ1v) is 19.1. The van der Waals surface area contributed by atoms with E-state index >= 15 is 0 Å². The van der Waals surface area contributed by atoms with Crippen LogP contribution in [0.4, 0.5) is 0 Å². The van der Waals surface area contributed by atoms with Gasteiger partial charge in [-0.05, 0) is 35.4 Å². The van der Waals surface area contributed by atoms with E-state index in [1.165, 1.54) is 48.5 Å². The summed E-state index contributed by atoms with van der Waals surface area (Å²) in [4.78, 5) is 37.3. The monoisotopic (exact) mass is 890 g/mol. The minimum Gasteiger partial charge on any atom is -0.481 e. The lowest BCUT2D eigenvalue weighted by atomic mass is 9.95. The molecule has 3 heterocycles. The molecule has 0 bridgehead atoms. The highest BCUT2D eigenvalue weighted by Crippen LogP contribution is 2.31. The Morgan fingerprint density at radius 1 is 0.532 bits per heavy atom. The number of carbonyl (C=O) groups excluding carboxylic acids is 2. The molecule has 1 unspecified atom stereocenters. The van der Waals surface area contributed by atoms with Crippen molar-refractivity contribution in [2.45, 2.75) is 124 Å². The number of carbonyl (C=O) groups is 3. The third-order valence-electron chi connectivity index (χ3n) is 10.2. The lowest BCUT2D eigenvalue weighted by Crippen LogP contribution is -2.65. The highest BCUT2D eigenvalue weighted by Gasteiger charge is 2.51. The molecule has 5 rings (SSSR count). The average molecular weight is 891 g/mol. The van der Waals surface area contributed by atoms with Crippen LogP contribution in [0.1, 0.15) is 24.0 Å². The summed E-state index contributed by atoms with van der Waals surface area (Å²) in [7, 11) is 0. The molecular formula is C38H50O24. The van der Waals surface area contributed by atoms with Gasteiger partial charge in [0.2, 0.25) is 12.6 Å². The Morgan fingerprint density at radius 2 is 0.952 bits per heavy atom. The van der Waals surface area contributed by atoms with E-state index in [1.807, 2.05) is 0 Å². The van der Waals surface area contributed by atoms with Gasteiger partial charge in [-0.1, -0.05) is 24.3 Å². The summed E-state index contributed by atoms with van der Waals surface area (Å²) in [5.74, 6) is -4.14. The number of rotatable bonds is 18. The minimum absolute atomic E-state index is 0.0184. The number of aliphatic carboxylic acids is 1. The summed E-state index contributed by atoms with van der Waals surface area (Å²) in [5.41, 5.74) is -2.22. The molecule has 3 saturated heterocycles. The maximum atomic E-state index is 13.0. The molecule has 0 amide bonds. The van der Waals surface area contributed by atoms with Crippen molar-refractivity contribution in [3.63, 3.8) is 0 Å². The van der Waals surface area contributed by atoms with Crippen molar-refractivity contribution in [3.05, 3.63) is 59.7 Å². The SMILES string of the molecule is O=C(O)CC(O)(CC(=O)OCc1ccc(O[C@@H]2O[C@H](CO)[C@@H](O)[C@H](O)[C@H]2O)cc1)C(=O)OCc1ccc(O[C@@H]2O[C@H](CO)[C@@H](O)[C@H](O[C@@H]3O[C@H](CO)[C@@H](O)[C@H](O)[C@H]3O)[C@H]2O)cc1. The van der Waals surface area contributed by atoms with Crippen molar-refractivity contribution >= 4 is 17.9 Å². The molecule has 0 spiro atoms. The van der Waals surface area contributed by atoms with Crippen LogP contribution in [0.5, 0.6) is 11.5 Å². The fraction of sp³-hybridized carbons (Fsp3) is 0.605. The van der Waals surface area contributed by atoms with E-state index < -0.39 is 162 Å². The van der Waals surface area contributed by atoms with Crippen molar-refractivity contribution in [1.29, 1.82) is 0 Å². The van der Waals surface area contributed by atoms with Crippen LogP contribution >= 0.6 is 0 Å². The number of carboxylic acids is 1. The van der Waals surface area contributed by atoms with Crippen molar-refractivity contribution < 1.29 is 119 Å². The lowest BCUT2D eigenvalue weighted by Gasteiger charge is -2.45. The maximum Gasteiger partial charge on any atom is 0.339 e. The summed E-state index contributed by atoms with van der Waals surface area (Å²) in [5, 5.41) is 131. The number of esters is 2. The smallest absolute Gasteiger partial charge is 0.339 e. The summed E-state index contributed by atoms with van der Waals surface area (Å²) in [6, 6.07) is 11.0. The zero-order chi connectivity index (χ0) is 45.5. The maximum absolute atomic E-state index is 13.0. The Kier molecular flexibility index (Phi) is 16.9. The van der Waals surface area contributed by atoms with Gasteiger partial charge in [-0.25, -0.2) is 4.79 Å². The van der Waals surface area contributed by atoms with Gasteiger partial charge < -0.3 is 104 Å². The molecule has 0 saturated carbocycles. The highest BCUT2D eigenvalue weighted by molar-refractivity contribution is 5.89. The number of aliphatic hydroxyl groups excluding tert-OH is 11. The second-order valence-corrected chi connectivity index (χ2v) is 14.7. The predicted octanol–water partition coefficient (Wildman–Crippen LogP) is -5.75. The minimum atomic E-state index is -2.86. The fourth-order valence-electron chi connectivity index (χ4n) is 6.60. The van der Waals surface area contributed by atoms with Crippen LogP contribution in [-0.2, 0) is 56.0 Å². The summed E-state index contributed by atoms with van der Waals surface area (Å²) in [6.07, 6.45) is -26.7. The molecule has 3 aliphatic rings. The number of hydrogen-bond donors (Lipinski definition) is 13. The Bertz CT molecular complexity index is 1760. The molecule has 3 aliphatic heterocycles. The molecule has 24 heteroatoms. The van der Waals surface area contributed by atoms with Crippen LogP contribution in [0.2, 0.25) is 0 Å². The van der Waals surface area contributed by atoms with E-state index in [4.69, 9.17) is 37.9 Å². The first-order chi connectivity index (χ1) is 29.4. The Labute approximate surface area is 351 Å². The van der Waals surface area contributed by atoms with Gasteiger partial charge in [-0.3, -0.25) is 9.59 Å². The van der Waals surface area contributed by atoms with Crippen LogP contribution in [0, 0.1) is 0 Å². The Balaban J connectivity index is 1.13. The van der Waals surface area contributed by atoms with E-state index in [9.17, 15) is 80.8 Å². The van der Waals surface area contributed by atoms with Crippen LogP contribution in [0.25, 0.3) is 0 Å². The molecule has 2 aromatic carbocycles. The molecule has 16 atom stereocenters. The van der Waals surface area contributed by atoms with E-state index in [0.717, 1.165) is 0 Å². The molecule has 62 heavy (non-hydrogen) atoms. The summed E-state index contributed by atoms with van der Waals surface area (Å²) in [6.45, 7) is -3.16. The van der Waals surface area contributed by atoms with Gasteiger partial charge in [-0.15, -0.1) is 0 Å². The third-order valence-corrected chi connectivity index (χ3v) is 10.2. The zero-order valence-corrected chi connectivity index (χ0v) is 32.5. The van der Waals surface area contributed by atoms with E-state index in [-0.39, 0.29) is 17.1 Å². The topological polar surface area (TPSA) is 388 Å². The normalized spacial score (nSPS) is 34.7. The van der Waals surface area contributed by atoms with Gasteiger partial charge in [0, 0.05) is 0 Å². The Hall–Kier alpha value is -4.19. The quantitative estimate of drug-likeness (QED) is 0.0620. The molecular weight excluding hydrogens is 840 g/mol. The van der Waals surface area contributed by atoms with Crippen LogP contribution in [-0.4, -0.2) is 202 Å². The summed E-state index contributed by atoms with van der Waals surface area (Å²) >= 11 is 0. The number of aliphatic hydroxyl groups is 12. The van der Waals surface area contributed by atoms with E-state index in [1.54, 1.807) is 0 Å². The van der Waals surface area contributed by atoms with E-state index in [0.29, 0.717) is 5.56 Å². The molecule has 346 valence electrons. The molecule has 24 nitrogen and oxygen atoms in total. The predicted molar refractivity (Wildman–Crippen MR) is 196 cm³/mol. The lowest BCUT2D eigenvalue weighted by molar-refractivity contribution is -0.352. The van der Waals surface area contributed by atoms with Gasteiger partial charge >= 0.3 is 17.9 Å². The van der Waals surface area contributed by atoms with Gasteiger partial charge in [-0.2, -0.15) is 0 Å². The Morgan fingerprint density at radius 3 is 1.42 bits per heavy atom. The number of benzene rings is 2. The molecule has 13 N–H and O–H groups in total. The van der Waals surface area contributed by atoms with Crippen LogP contribution in [0.3, 0.4) is 0 Å². The van der Waals surface area contributed by atoms with E-state index in [2.05, 4.69) is 0 Å². The third kappa shape index (κ3) is 11.7. The zero-order valence-electron chi connectivity index (χ0n) is 32.5. The van der Waals surface area contributed by atoms with Gasteiger partial charge in [0.25, 0.3) is 0 Å². The molecule has 0 aliphatic carbocycles. The first kappa shape index (κ1) is 48.8. The first-order valence-electron chi connectivity index (χ1n) is 19.1. The number of carboxylic acid groups (broad SMARTS) is 1. The average Bonchev–Trinajstić information content (AvgIpc) is 3.25. The van der Waals surface area contributed by atoms with Crippen molar-refractivity contribution in [3.8, 4) is 11.5 Å². The van der Waals surface area contributed by atoms with Gasteiger partial charge in [0.15, 0.2) is 11.9 Å². The van der Waals surface area contributed by atoms with Crippen molar-refractivity contribution in [2.24, 2.45) is 0 Å².